The minimum absolute atomic E-state index is 0.501. The molecule has 0 saturated heterocycles. The third-order valence-corrected chi connectivity index (χ3v) is 4.80. The number of methoxy groups -OCH3 is 1. The van der Waals surface area contributed by atoms with Gasteiger partial charge in [-0.05, 0) is 36.6 Å². The number of hydrogen-bond donors (Lipinski definition) is 0. The summed E-state index contributed by atoms with van der Waals surface area (Å²) in [5.41, 5.74) is 4.54. The van der Waals surface area contributed by atoms with E-state index < -0.39 is 0 Å². The zero-order chi connectivity index (χ0) is 16.8. The van der Waals surface area contributed by atoms with E-state index in [1.165, 1.54) is 22.9 Å². The van der Waals surface area contributed by atoms with E-state index in [0.717, 1.165) is 29.8 Å². The van der Waals surface area contributed by atoms with Crippen molar-refractivity contribution in [3.8, 4) is 28.7 Å². The van der Waals surface area contributed by atoms with Crippen LogP contribution in [0.1, 0.15) is 12.0 Å². The van der Waals surface area contributed by atoms with E-state index in [1.807, 2.05) is 24.3 Å². The predicted octanol–water partition coefficient (Wildman–Crippen LogP) is 4.31. The van der Waals surface area contributed by atoms with Gasteiger partial charge in [-0.2, -0.15) is 0 Å². The molecule has 1 aliphatic rings. The fraction of sp³-hybridized carbons (Fsp3) is 0.200. The normalized spacial score (nSPS) is 13.3. The van der Waals surface area contributed by atoms with E-state index in [-0.39, 0.29) is 0 Å². The Morgan fingerprint density at radius 1 is 1.08 bits per heavy atom. The van der Waals surface area contributed by atoms with Crippen molar-refractivity contribution >= 4 is 10.9 Å². The van der Waals surface area contributed by atoms with Crippen LogP contribution in [0.4, 0.5) is 0 Å². The highest BCUT2D eigenvalue weighted by Gasteiger charge is 2.20. The Balaban J connectivity index is 1.63. The van der Waals surface area contributed by atoms with Crippen LogP contribution in [-0.2, 0) is 13.0 Å². The maximum Gasteiger partial charge on any atom is 0.250 e. The van der Waals surface area contributed by atoms with E-state index in [2.05, 4.69) is 39.2 Å². The molecule has 0 saturated carbocycles. The number of benzene rings is 2. The average Bonchev–Trinajstić information content (AvgIpc) is 3.29. The summed E-state index contributed by atoms with van der Waals surface area (Å²) < 4.78 is 13.6. The molecule has 2 aromatic carbocycles. The molecule has 0 amide bonds. The first-order valence-corrected chi connectivity index (χ1v) is 8.42. The highest BCUT2D eigenvalue weighted by atomic mass is 16.5. The first kappa shape index (κ1) is 14.3. The summed E-state index contributed by atoms with van der Waals surface area (Å²) >= 11 is 0. The van der Waals surface area contributed by atoms with Crippen LogP contribution in [0.5, 0.6) is 5.75 Å². The maximum absolute atomic E-state index is 5.99. The molecule has 0 unspecified atom stereocenters. The van der Waals surface area contributed by atoms with E-state index in [9.17, 15) is 0 Å². The van der Waals surface area contributed by atoms with Crippen molar-refractivity contribution in [2.45, 2.75) is 19.4 Å². The smallest absolute Gasteiger partial charge is 0.250 e. The molecule has 1 aliphatic heterocycles. The van der Waals surface area contributed by atoms with Gasteiger partial charge in [0.25, 0.3) is 0 Å². The van der Waals surface area contributed by atoms with Crippen LogP contribution in [-0.4, -0.2) is 21.9 Å². The van der Waals surface area contributed by atoms with Gasteiger partial charge in [0, 0.05) is 23.7 Å². The van der Waals surface area contributed by atoms with Gasteiger partial charge in [0.1, 0.15) is 5.75 Å². The molecule has 3 heterocycles. The zero-order valence-electron chi connectivity index (χ0n) is 13.9. The minimum Gasteiger partial charge on any atom is -0.497 e. The summed E-state index contributed by atoms with van der Waals surface area (Å²) in [5.74, 6) is 1.82. The van der Waals surface area contributed by atoms with Gasteiger partial charge in [0.2, 0.25) is 11.8 Å². The van der Waals surface area contributed by atoms with Gasteiger partial charge in [-0.25, -0.2) is 0 Å². The lowest BCUT2D eigenvalue weighted by molar-refractivity contribution is 0.415. The minimum atomic E-state index is 0.501. The van der Waals surface area contributed by atoms with Crippen molar-refractivity contribution in [3.05, 3.63) is 54.2 Å². The van der Waals surface area contributed by atoms with Crippen molar-refractivity contribution in [2.24, 2.45) is 0 Å². The van der Waals surface area contributed by atoms with Crippen molar-refractivity contribution < 1.29 is 9.15 Å². The van der Waals surface area contributed by atoms with Crippen LogP contribution in [0, 0.1) is 0 Å². The second kappa shape index (κ2) is 5.48. The Morgan fingerprint density at radius 3 is 2.88 bits per heavy atom. The summed E-state index contributed by atoms with van der Waals surface area (Å²) in [5, 5.41) is 9.71. The Kier molecular flexibility index (Phi) is 3.13. The number of para-hydroxylation sites is 1. The summed E-state index contributed by atoms with van der Waals surface area (Å²) in [4.78, 5) is 0. The van der Waals surface area contributed by atoms with Crippen molar-refractivity contribution in [2.75, 3.05) is 7.11 Å². The average molecular weight is 331 g/mol. The summed E-state index contributed by atoms with van der Waals surface area (Å²) in [6.07, 6.45) is 4.43. The molecule has 124 valence electrons. The topological polar surface area (TPSA) is 53.1 Å². The molecule has 2 aromatic heterocycles. The SMILES string of the molecule is COc1cccc(-c2nnc(-c3cn4c5c(cccc35)CCC4)o2)c1. The van der Waals surface area contributed by atoms with Gasteiger partial charge in [-0.1, -0.05) is 24.3 Å². The standard InChI is InChI=1S/C20H17N3O2/c1-24-15-8-2-6-14(11-15)19-21-22-20(25-19)17-12-23-10-4-7-13-5-3-9-16(17)18(13)23/h2-3,5-6,8-9,11-12H,4,7,10H2,1H3. The summed E-state index contributed by atoms with van der Waals surface area (Å²) in [7, 11) is 1.65. The third-order valence-electron chi connectivity index (χ3n) is 4.80. The number of nitrogens with zero attached hydrogens (tertiary/aromatic N) is 3. The Bertz CT molecular complexity index is 1080. The molecule has 0 bridgehead atoms. The van der Waals surface area contributed by atoms with Crippen molar-refractivity contribution in [1.29, 1.82) is 0 Å². The van der Waals surface area contributed by atoms with E-state index in [1.54, 1.807) is 7.11 Å². The molecule has 0 N–H and O–H groups in total. The van der Waals surface area contributed by atoms with Crippen LogP contribution in [0.3, 0.4) is 0 Å². The fourth-order valence-corrected chi connectivity index (χ4v) is 3.63. The summed E-state index contributed by atoms with van der Waals surface area (Å²) in [6, 6.07) is 14.1. The molecule has 0 fully saturated rings. The number of ether oxygens (including phenoxy) is 1. The molecule has 5 rings (SSSR count). The monoisotopic (exact) mass is 331 g/mol. The van der Waals surface area contributed by atoms with E-state index in [0.29, 0.717) is 11.8 Å². The predicted molar refractivity (Wildman–Crippen MR) is 95.5 cm³/mol. The van der Waals surface area contributed by atoms with E-state index >= 15 is 0 Å². The summed E-state index contributed by atoms with van der Waals surface area (Å²) in [6.45, 7) is 1.03. The molecule has 0 aliphatic carbocycles. The zero-order valence-corrected chi connectivity index (χ0v) is 13.9. The third kappa shape index (κ3) is 2.23. The van der Waals surface area contributed by atoms with Gasteiger partial charge < -0.3 is 13.7 Å². The first-order chi connectivity index (χ1) is 12.3. The Morgan fingerprint density at radius 2 is 1.96 bits per heavy atom. The Labute approximate surface area is 144 Å². The number of hydrogen-bond acceptors (Lipinski definition) is 4. The van der Waals surface area contributed by atoms with Crippen molar-refractivity contribution in [1.82, 2.24) is 14.8 Å². The lowest BCUT2D eigenvalue weighted by Gasteiger charge is -2.14. The molecular weight excluding hydrogens is 314 g/mol. The molecule has 0 radical (unpaired) electrons. The highest BCUT2D eigenvalue weighted by molar-refractivity contribution is 5.96. The molecule has 25 heavy (non-hydrogen) atoms. The lowest BCUT2D eigenvalue weighted by Crippen LogP contribution is -2.05. The van der Waals surface area contributed by atoms with Gasteiger partial charge in [0.05, 0.1) is 18.2 Å². The van der Waals surface area contributed by atoms with Crippen LogP contribution in [0.2, 0.25) is 0 Å². The van der Waals surface area contributed by atoms with Crippen LogP contribution in [0.25, 0.3) is 33.8 Å². The van der Waals surface area contributed by atoms with Gasteiger partial charge in [0.15, 0.2) is 0 Å². The Hall–Kier alpha value is -3.08. The molecular formula is C20H17N3O2. The lowest BCUT2D eigenvalue weighted by atomic mass is 10.0. The molecule has 4 aromatic rings. The second-order valence-corrected chi connectivity index (χ2v) is 6.30. The number of aryl methyl sites for hydroxylation is 2. The van der Waals surface area contributed by atoms with Crippen LogP contribution >= 0.6 is 0 Å². The number of aromatic nitrogens is 3. The van der Waals surface area contributed by atoms with Gasteiger partial charge in [-0.15, -0.1) is 10.2 Å². The van der Waals surface area contributed by atoms with Gasteiger partial charge in [-0.3, -0.25) is 0 Å². The van der Waals surface area contributed by atoms with Crippen molar-refractivity contribution in [3.63, 3.8) is 0 Å². The highest BCUT2D eigenvalue weighted by Crippen LogP contribution is 2.35. The van der Waals surface area contributed by atoms with Crippen LogP contribution < -0.4 is 4.74 Å². The molecule has 5 heteroatoms. The molecule has 0 spiro atoms. The maximum atomic E-state index is 5.99. The fourth-order valence-electron chi connectivity index (χ4n) is 3.63. The molecule has 0 atom stereocenters. The first-order valence-electron chi connectivity index (χ1n) is 8.42. The van der Waals surface area contributed by atoms with Crippen LogP contribution in [0.15, 0.2) is 53.1 Å². The van der Waals surface area contributed by atoms with E-state index in [4.69, 9.17) is 9.15 Å². The number of rotatable bonds is 3. The quantitative estimate of drug-likeness (QED) is 0.561. The second-order valence-electron chi connectivity index (χ2n) is 6.30. The molecule has 5 nitrogen and oxygen atoms in total. The van der Waals surface area contributed by atoms with Gasteiger partial charge >= 0.3 is 0 Å². The largest absolute Gasteiger partial charge is 0.497 e.